The van der Waals surface area contributed by atoms with Crippen molar-refractivity contribution in [2.75, 3.05) is 0 Å². The first kappa shape index (κ1) is 15.7. The number of ether oxygens (including phenoxy) is 1. The van der Waals surface area contributed by atoms with Crippen LogP contribution in [0.1, 0.15) is 24.3 Å². The summed E-state index contributed by atoms with van der Waals surface area (Å²) in [5, 5.41) is 3.88. The monoisotopic (exact) mass is 346 g/mol. The molecule has 0 saturated heterocycles. The van der Waals surface area contributed by atoms with Gasteiger partial charge in [0, 0.05) is 0 Å². The predicted octanol–water partition coefficient (Wildman–Crippen LogP) is 4.72. The average molecular weight is 346 g/mol. The van der Waals surface area contributed by atoms with Crippen molar-refractivity contribution in [3.63, 3.8) is 0 Å². The molecule has 1 aromatic heterocycles. The van der Waals surface area contributed by atoms with Crippen molar-refractivity contribution in [1.82, 2.24) is 10.1 Å². The van der Waals surface area contributed by atoms with E-state index in [-0.39, 0.29) is 22.6 Å². The first-order valence-corrected chi connectivity index (χ1v) is 7.73. The van der Waals surface area contributed by atoms with Crippen LogP contribution >= 0.6 is 0 Å². The second kappa shape index (κ2) is 5.61. The molecule has 25 heavy (non-hydrogen) atoms. The second-order valence-corrected chi connectivity index (χ2v) is 5.92. The van der Waals surface area contributed by atoms with Crippen molar-refractivity contribution < 1.29 is 22.4 Å². The van der Waals surface area contributed by atoms with Crippen LogP contribution in [0.4, 0.5) is 13.2 Å². The number of aromatic nitrogens is 2. The van der Waals surface area contributed by atoms with Crippen molar-refractivity contribution in [2.45, 2.75) is 24.6 Å². The molecule has 1 fully saturated rings. The molecule has 2 aromatic carbocycles. The van der Waals surface area contributed by atoms with Crippen LogP contribution in [0, 0.1) is 0 Å². The van der Waals surface area contributed by atoms with Crippen LogP contribution in [-0.4, -0.2) is 16.5 Å². The molecule has 0 bridgehead atoms. The number of halogens is 3. The van der Waals surface area contributed by atoms with Gasteiger partial charge in [0.25, 0.3) is 0 Å². The highest BCUT2D eigenvalue weighted by Crippen LogP contribution is 2.53. The van der Waals surface area contributed by atoms with Crippen molar-refractivity contribution in [2.24, 2.45) is 0 Å². The van der Waals surface area contributed by atoms with E-state index in [0.717, 1.165) is 18.4 Å². The molecule has 1 aliphatic rings. The maximum atomic E-state index is 12.6. The fourth-order valence-corrected chi connectivity index (χ4v) is 2.90. The van der Waals surface area contributed by atoms with Crippen LogP contribution in [0.5, 0.6) is 5.75 Å². The van der Waals surface area contributed by atoms with Crippen LogP contribution < -0.4 is 4.74 Å². The van der Waals surface area contributed by atoms with Crippen molar-refractivity contribution in [3.8, 4) is 17.1 Å². The zero-order valence-electron chi connectivity index (χ0n) is 13.0. The third-order valence-corrected chi connectivity index (χ3v) is 4.27. The van der Waals surface area contributed by atoms with Gasteiger partial charge >= 0.3 is 6.36 Å². The number of nitrogens with zero attached hydrogens (tertiary/aromatic N) is 2. The molecule has 4 rings (SSSR count). The van der Waals surface area contributed by atoms with Gasteiger partial charge in [-0.25, -0.2) is 0 Å². The van der Waals surface area contributed by atoms with Gasteiger partial charge in [0.05, 0.1) is 11.0 Å². The summed E-state index contributed by atoms with van der Waals surface area (Å²) in [6, 6.07) is 15.5. The van der Waals surface area contributed by atoms with E-state index in [1.165, 1.54) is 18.2 Å². The Labute approximate surface area is 141 Å². The Balaban J connectivity index is 1.70. The largest absolute Gasteiger partial charge is 0.573 e. The fraction of sp³-hybridized carbons (Fsp3) is 0.222. The molecule has 7 heteroatoms. The number of benzene rings is 2. The molecule has 3 aromatic rings. The van der Waals surface area contributed by atoms with Crippen molar-refractivity contribution in [3.05, 3.63) is 66.1 Å². The van der Waals surface area contributed by atoms with Gasteiger partial charge in [0.2, 0.25) is 11.7 Å². The van der Waals surface area contributed by atoms with Crippen LogP contribution in [0.2, 0.25) is 0 Å². The van der Waals surface area contributed by atoms with E-state index in [4.69, 9.17) is 4.52 Å². The summed E-state index contributed by atoms with van der Waals surface area (Å²) in [6.45, 7) is 0. The molecule has 4 nitrogen and oxygen atoms in total. The molecule has 1 aliphatic carbocycles. The predicted molar refractivity (Wildman–Crippen MR) is 82.9 cm³/mol. The molecule has 0 amide bonds. The summed E-state index contributed by atoms with van der Waals surface area (Å²) in [7, 11) is 0. The third kappa shape index (κ3) is 2.97. The van der Waals surface area contributed by atoms with Gasteiger partial charge in [0.15, 0.2) is 0 Å². The second-order valence-electron chi connectivity index (χ2n) is 5.92. The first-order valence-electron chi connectivity index (χ1n) is 7.73. The summed E-state index contributed by atoms with van der Waals surface area (Å²) in [5.74, 6) is 0.138. The number of alkyl halides is 3. The van der Waals surface area contributed by atoms with Gasteiger partial charge in [-0.3, -0.25) is 0 Å². The lowest BCUT2D eigenvalue weighted by atomic mass is 9.96. The van der Waals surface area contributed by atoms with Gasteiger partial charge < -0.3 is 9.26 Å². The molecule has 0 atom stereocenters. The molecule has 0 radical (unpaired) electrons. The molecular weight excluding hydrogens is 333 g/mol. The van der Waals surface area contributed by atoms with E-state index in [1.54, 1.807) is 6.07 Å². The normalized spacial score (nSPS) is 15.8. The zero-order chi connectivity index (χ0) is 17.5. The standard InChI is InChI=1S/C18H13F3N2O2/c19-18(20,21)24-14-9-5-4-8-13(14)15-22-16(25-23-15)17(10-11-17)12-6-2-1-3-7-12/h1-9H,10-11H2. The van der Waals surface area contributed by atoms with Crippen molar-refractivity contribution >= 4 is 0 Å². The number of rotatable bonds is 4. The van der Waals surface area contributed by atoms with Gasteiger partial charge in [-0.15, -0.1) is 13.2 Å². The molecular formula is C18H13F3N2O2. The van der Waals surface area contributed by atoms with Gasteiger partial charge in [-0.1, -0.05) is 47.6 Å². The van der Waals surface area contributed by atoms with E-state index in [9.17, 15) is 13.2 Å². The third-order valence-electron chi connectivity index (χ3n) is 4.27. The quantitative estimate of drug-likeness (QED) is 0.686. The Morgan fingerprint density at radius 1 is 0.960 bits per heavy atom. The van der Waals surface area contributed by atoms with E-state index >= 15 is 0 Å². The number of para-hydroxylation sites is 1. The average Bonchev–Trinajstić information content (AvgIpc) is 3.25. The number of hydrogen-bond donors (Lipinski definition) is 0. The van der Waals surface area contributed by atoms with E-state index < -0.39 is 6.36 Å². The van der Waals surface area contributed by atoms with E-state index in [1.807, 2.05) is 30.3 Å². The molecule has 128 valence electrons. The lowest BCUT2D eigenvalue weighted by Crippen LogP contribution is -2.17. The van der Waals surface area contributed by atoms with Gasteiger partial charge in [0.1, 0.15) is 5.75 Å². The zero-order valence-corrected chi connectivity index (χ0v) is 13.0. The van der Waals surface area contributed by atoms with Crippen LogP contribution in [-0.2, 0) is 5.41 Å². The summed E-state index contributed by atoms with van der Waals surface area (Å²) in [6.07, 6.45) is -3.07. The maximum Gasteiger partial charge on any atom is 0.573 e. The fourth-order valence-electron chi connectivity index (χ4n) is 2.90. The minimum atomic E-state index is -4.79. The SMILES string of the molecule is FC(F)(F)Oc1ccccc1-c1noc(C2(c3ccccc3)CC2)n1. The smallest absolute Gasteiger partial charge is 0.405 e. The minimum absolute atomic E-state index is 0.0806. The van der Waals surface area contributed by atoms with E-state index in [2.05, 4.69) is 14.9 Å². The van der Waals surface area contributed by atoms with Gasteiger partial charge in [-0.05, 0) is 30.5 Å². The lowest BCUT2D eigenvalue weighted by molar-refractivity contribution is -0.274. The summed E-state index contributed by atoms with van der Waals surface area (Å²) in [4.78, 5) is 4.36. The Morgan fingerprint density at radius 2 is 1.64 bits per heavy atom. The summed E-state index contributed by atoms with van der Waals surface area (Å²) < 4.78 is 47.2. The lowest BCUT2D eigenvalue weighted by Gasteiger charge is -2.11. The maximum absolute atomic E-state index is 12.6. The molecule has 0 N–H and O–H groups in total. The van der Waals surface area contributed by atoms with E-state index in [0.29, 0.717) is 5.89 Å². The van der Waals surface area contributed by atoms with Crippen molar-refractivity contribution in [1.29, 1.82) is 0 Å². The number of hydrogen-bond acceptors (Lipinski definition) is 4. The highest BCUT2D eigenvalue weighted by molar-refractivity contribution is 5.63. The highest BCUT2D eigenvalue weighted by atomic mass is 19.4. The Bertz CT molecular complexity index is 887. The Hall–Kier alpha value is -2.83. The Kier molecular flexibility index (Phi) is 3.52. The first-order chi connectivity index (χ1) is 12.0. The topological polar surface area (TPSA) is 48.2 Å². The Morgan fingerprint density at radius 3 is 2.32 bits per heavy atom. The van der Waals surface area contributed by atoms with Gasteiger partial charge in [-0.2, -0.15) is 4.98 Å². The molecule has 1 saturated carbocycles. The highest BCUT2D eigenvalue weighted by Gasteiger charge is 2.51. The van der Waals surface area contributed by atoms with Crippen LogP contribution in [0.3, 0.4) is 0 Å². The summed E-state index contributed by atoms with van der Waals surface area (Å²) >= 11 is 0. The molecule has 0 aliphatic heterocycles. The molecule has 1 heterocycles. The summed E-state index contributed by atoms with van der Waals surface area (Å²) in [5.41, 5.74) is 0.857. The van der Waals surface area contributed by atoms with Crippen LogP contribution in [0.15, 0.2) is 59.1 Å². The minimum Gasteiger partial charge on any atom is -0.405 e. The molecule has 0 unspecified atom stereocenters. The van der Waals surface area contributed by atoms with Crippen LogP contribution in [0.25, 0.3) is 11.4 Å². The molecule has 0 spiro atoms.